The molecule has 0 aliphatic rings. The Morgan fingerprint density at radius 3 is 2.62 bits per heavy atom. The monoisotopic (exact) mass is 319 g/mol. The van der Waals surface area contributed by atoms with Gasteiger partial charge < -0.3 is 9.84 Å². The van der Waals surface area contributed by atoms with Crippen LogP contribution in [0.1, 0.15) is 30.6 Å². The first-order valence-corrected chi connectivity index (χ1v) is 7.71. The summed E-state index contributed by atoms with van der Waals surface area (Å²) in [6.07, 6.45) is 0.322. The lowest BCUT2D eigenvalue weighted by molar-refractivity contribution is 0.0596. The van der Waals surface area contributed by atoms with Crippen molar-refractivity contribution in [1.29, 1.82) is 0 Å². The maximum Gasteiger partial charge on any atom is 0.339 e. The van der Waals surface area contributed by atoms with Crippen molar-refractivity contribution in [3.05, 3.63) is 29.6 Å². The van der Waals surface area contributed by atoms with Crippen molar-refractivity contribution in [3.8, 4) is 0 Å². The average molecular weight is 319 g/mol. The van der Waals surface area contributed by atoms with E-state index in [0.29, 0.717) is 6.42 Å². The number of halogens is 1. The molecule has 118 valence electrons. The van der Waals surface area contributed by atoms with Crippen LogP contribution in [-0.2, 0) is 14.8 Å². The van der Waals surface area contributed by atoms with E-state index in [9.17, 15) is 22.7 Å². The Morgan fingerprint density at radius 1 is 1.48 bits per heavy atom. The molecule has 1 rings (SSSR count). The number of ether oxygens (including phenoxy) is 1. The standard InChI is InChI=1S/C13H18FNO5S/c1-4-13(2,17)8-15-21(18,19)11-7-9(14)5-6-10(11)12(16)20-3/h5-7,15,17H,4,8H2,1-3H3. The average Bonchev–Trinajstić information content (AvgIpc) is 2.44. The van der Waals surface area contributed by atoms with Gasteiger partial charge in [-0.05, 0) is 31.5 Å². The zero-order chi connectivity index (χ0) is 16.3. The van der Waals surface area contributed by atoms with Gasteiger partial charge in [0.05, 0.1) is 23.2 Å². The van der Waals surface area contributed by atoms with E-state index in [1.54, 1.807) is 6.92 Å². The molecule has 0 aromatic heterocycles. The molecule has 0 radical (unpaired) electrons. The van der Waals surface area contributed by atoms with Gasteiger partial charge in [0.25, 0.3) is 0 Å². The fourth-order valence-electron chi connectivity index (χ4n) is 1.45. The molecule has 0 fully saturated rings. The van der Waals surface area contributed by atoms with Gasteiger partial charge >= 0.3 is 5.97 Å². The number of carbonyl (C=O) groups is 1. The number of hydrogen-bond donors (Lipinski definition) is 2. The van der Waals surface area contributed by atoms with Crippen LogP contribution in [0.25, 0.3) is 0 Å². The van der Waals surface area contributed by atoms with Gasteiger partial charge in [-0.2, -0.15) is 0 Å². The lowest BCUT2D eigenvalue weighted by Gasteiger charge is -2.21. The smallest absolute Gasteiger partial charge is 0.339 e. The Bertz CT molecular complexity index is 627. The predicted octanol–water partition coefficient (Wildman–Crippen LogP) is 1.05. The highest BCUT2D eigenvalue weighted by molar-refractivity contribution is 7.89. The topological polar surface area (TPSA) is 92.7 Å². The van der Waals surface area contributed by atoms with Crippen LogP contribution >= 0.6 is 0 Å². The third-order valence-electron chi connectivity index (χ3n) is 3.04. The van der Waals surface area contributed by atoms with Gasteiger partial charge in [0.2, 0.25) is 10.0 Å². The molecule has 0 aliphatic carbocycles. The van der Waals surface area contributed by atoms with Crippen molar-refractivity contribution < 1.29 is 27.4 Å². The first-order valence-electron chi connectivity index (χ1n) is 6.23. The van der Waals surface area contributed by atoms with Crippen LogP contribution in [0.2, 0.25) is 0 Å². The Balaban J connectivity index is 3.19. The molecule has 1 aromatic carbocycles. The van der Waals surface area contributed by atoms with E-state index in [1.165, 1.54) is 6.92 Å². The highest BCUT2D eigenvalue weighted by Gasteiger charge is 2.27. The fraction of sp³-hybridized carbons (Fsp3) is 0.462. The van der Waals surface area contributed by atoms with E-state index in [0.717, 1.165) is 25.3 Å². The van der Waals surface area contributed by atoms with Crippen LogP contribution in [0.5, 0.6) is 0 Å². The van der Waals surface area contributed by atoms with Gasteiger partial charge in [0.1, 0.15) is 5.82 Å². The van der Waals surface area contributed by atoms with Gasteiger partial charge in [0, 0.05) is 6.54 Å². The van der Waals surface area contributed by atoms with E-state index in [2.05, 4.69) is 9.46 Å². The van der Waals surface area contributed by atoms with Gasteiger partial charge in [0.15, 0.2) is 0 Å². The summed E-state index contributed by atoms with van der Waals surface area (Å²) in [6, 6.07) is 2.73. The molecule has 1 unspecified atom stereocenters. The minimum atomic E-state index is -4.16. The summed E-state index contributed by atoms with van der Waals surface area (Å²) in [5, 5.41) is 9.82. The molecule has 21 heavy (non-hydrogen) atoms. The highest BCUT2D eigenvalue weighted by Crippen LogP contribution is 2.19. The van der Waals surface area contributed by atoms with Crippen molar-refractivity contribution in [2.45, 2.75) is 30.8 Å². The van der Waals surface area contributed by atoms with Crippen LogP contribution in [0, 0.1) is 5.82 Å². The van der Waals surface area contributed by atoms with Crippen LogP contribution < -0.4 is 4.72 Å². The molecule has 1 atom stereocenters. The largest absolute Gasteiger partial charge is 0.465 e. The van der Waals surface area contributed by atoms with E-state index in [-0.39, 0.29) is 12.1 Å². The van der Waals surface area contributed by atoms with E-state index >= 15 is 0 Å². The Labute approximate surface area is 123 Å². The number of esters is 1. The summed E-state index contributed by atoms with van der Waals surface area (Å²) in [7, 11) is -3.07. The quantitative estimate of drug-likeness (QED) is 0.765. The third-order valence-corrected chi connectivity index (χ3v) is 4.48. The summed E-state index contributed by atoms with van der Waals surface area (Å²) in [5.41, 5.74) is -1.52. The zero-order valence-corrected chi connectivity index (χ0v) is 12.8. The molecular weight excluding hydrogens is 301 g/mol. The highest BCUT2D eigenvalue weighted by atomic mass is 32.2. The first kappa shape index (κ1) is 17.5. The predicted molar refractivity (Wildman–Crippen MR) is 73.8 cm³/mol. The minimum Gasteiger partial charge on any atom is -0.465 e. The molecule has 0 amide bonds. The molecule has 0 spiro atoms. The molecule has 0 bridgehead atoms. The number of nitrogens with one attached hydrogen (secondary N) is 1. The van der Waals surface area contributed by atoms with Crippen molar-refractivity contribution in [1.82, 2.24) is 4.72 Å². The number of hydrogen-bond acceptors (Lipinski definition) is 5. The normalized spacial score (nSPS) is 14.5. The summed E-state index contributed by atoms with van der Waals surface area (Å²) < 4.78 is 44.3. The number of carbonyl (C=O) groups excluding carboxylic acids is 1. The zero-order valence-electron chi connectivity index (χ0n) is 12.0. The number of benzene rings is 1. The van der Waals surface area contributed by atoms with E-state index in [4.69, 9.17) is 0 Å². The lowest BCUT2D eigenvalue weighted by atomic mass is 10.1. The molecule has 2 N–H and O–H groups in total. The molecule has 1 aromatic rings. The van der Waals surface area contributed by atoms with Gasteiger partial charge in [-0.15, -0.1) is 0 Å². The molecule has 8 heteroatoms. The van der Waals surface area contributed by atoms with Crippen LogP contribution in [0.4, 0.5) is 4.39 Å². The van der Waals surface area contributed by atoms with Gasteiger partial charge in [-0.3, -0.25) is 0 Å². The number of sulfonamides is 1. The summed E-state index contributed by atoms with van der Waals surface area (Å²) in [6.45, 7) is 2.89. The fourth-order valence-corrected chi connectivity index (χ4v) is 2.82. The molecule has 0 aliphatic heterocycles. The summed E-state index contributed by atoms with van der Waals surface area (Å²) in [4.78, 5) is 11.0. The number of aliphatic hydroxyl groups is 1. The molecule has 0 heterocycles. The number of rotatable bonds is 6. The minimum absolute atomic E-state index is 0.261. The number of methoxy groups -OCH3 is 1. The lowest BCUT2D eigenvalue weighted by Crippen LogP contribution is -2.40. The SMILES string of the molecule is CCC(C)(O)CNS(=O)(=O)c1cc(F)ccc1C(=O)OC. The van der Waals surface area contributed by atoms with Gasteiger partial charge in [-0.1, -0.05) is 6.92 Å². The maximum absolute atomic E-state index is 13.3. The van der Waals surface area contributed by atoms with Crippen LogP contribution in [0.3, 0.4) is 0 Å². The van der Waals surface area contributed by atoms with Crippen molar-refractivity contribution in [3.63, 3.8) is 0 Å². The van der Waals surface area contributed by atoms with E-state index in [1.807, 2.05) is 0 Å². The summed E-state index contributed by atoms with van der Waals surface area (Å²) >= 11 is 0. The first-order chi connectivity index (χ1) is 9.63. The Hall–Kier alpha value is -1.51. The molecular formula is C13H18FNO5S. The second-order valence-electron chi connectivity index (χ2n) is 4.81. The van der Waals surface area contributed by atoms with E-state index < -0.39 is 32.3 Å². The second kappa shape index (κ2) is 6.50. The second-order valence-corrected chi connectivity index (χ2v) is 6.54. The van der Waals surface area contributed by atoms with Crippen molar-refractivity contribution >= 4 is 16.0 Å². The molecule has 0 saturated heterocycles. The van der Waals surface area contributed by atoms with Gasteiger partial charge in [-0.25, -0.2) is 22.3 Å². The van der Waals surface area contributed by atoms with Crippen LogP contribution in [0.15, 0.2) is 23.1 Å². The molecule has 6 nitrogen and oxygen atoms in total. The Morgan fingerprint density at radius 2 is 2.10 bits per heavy atom. The summed E-state index contributed by atoms with van der Waals surface area (Å²) in [5.74, 6) is -1.69. The third kappa shape index (κ3) is 4.48. The van der Waals surface area contributed by atoms with Crippen LogP contribution in [-0.4, -0.2) is 38.7 Å². The molecule has 0 saturated carbocycles. The maximum atomic E-state index is 13.3. The van der Waals surface area contributed by atoms with Crippen molar-refractivity contribution in [2.75, 3.05) is 13.7 Å². The Kier molecular flexibility index (Phi) is 5.43. The van der Waals surface area contributed by atoms with Crippen molar-refractivity contribution in [2.24, 2.45) is 0 Å².